The van der Waals surface area contributed by atoms with Crippen molar-refractivity contribution in [1.29, 1.82) is 0 Å². The van der Waals surface area contributed by atoms with Gasteiger partial charge in [-0.05, 0) is 77.8 Å². The molecule has 5 amide bonds. The molecule has 4 aromatic carbocycles. The zero-order valence-electron chi connectivity index (χ0n) is 32.5. The molecule has 4 aromatic rings. The van der Waals surface area contributed by atoms with E-state index < -0.39 is 29.7 Å². The largest absolute Gasteiger partial charge is 0.492 e. The van der Waals surface area contributed by atoms with Gasteiger partial charge in [-0.15, -0.1) is 11.6 Å². The van der Waals surface area contributed by atoms with E-state index in [1.807, 2.05) is 29.2 Å². The van der Waals surface area contributed by atoms with E-state index in [1.165, 1.54) is 5.57 Å². The molecule has 1 atom stereocenters. The third-order valence-corrected chi connectivity index (χ3v) is 11.2. The van der Waals surface area contributed by atoms with Gasteiger partial charge in [0.15, 0.2) is 0 Å². The summed E-state index contributed by atoms with van der Waals surface area (Å²) in [5.74, 6) is -0.677. The molecule has 300 valence electrons. The zero-order chi connectivity index (χ0) is 40.4. The van der Waals surface area contributed by atoms with Gasteiger partial charge in [-0.3, -0.25) is 39.1 Å². The number of halogens is 1. The Kier molecular flexibility index (Phi) is 13.3. The number of unbranched alkanes of at least 4 members (excludes halogenated alkanes) is 1. The van der Waals surface area contributed by atoms with Crippen LogP contribution in [0.15, 0.2) is 103 Å². The minimum atomic E-state index is -1.01. The second-order valence-electron chi connectivity index (χ2n) is 14.7. The number of imide groups is 2. The van der Waals surface area contributed by atoms with Crippen molar-refractivity contribution in [3.63, 3.8) is 0 Å². The summed E-state index contributed by atoms with van der Waals surface area (Å²) >= 11 is 6.32. The highest BCUT2D eigenvalue weighted by molar-refractivity contribution is 6.25. The lowest BCUT2D eigenvalue weighted by Gasteiger charge is -2.34. The summed E-state index contributed by atoms with van der Waals surface area (Å²) in [5.41, 5.74) is 6.75. The number of carbonyl (C=O) groups excluding carboxylic acids is 5. The standard InChI is InChI=1S/C46H48ClN5O6/c47-24-23-36(32-10-3-1-4-11-32)42(33-12-5-2-6-13-33)34-17-19-35(20-18-34)58-31-30-50-26-28-51(29-27-50)41(54)16-7-8-25-48-38-15-9-14-37-43(38)46(57)52(45(37)56)39-21-22-40(53)49-44(39)55/h1-6,9-15,17-20,39,48H,7-8,16,21-31H2,(H,49,53,55)/b42-36-. The smallest absolute Gasteiger partial charge is 0.264 e. The van der Waals surface area contributed by atoms with Crippen molar-refractivity contribution in [2.45, 2.75) is 44.6 Å². The van der Waals surface area contributed by atoms with Crippen LogP contribution in [0.25, 0.3) is 11.1 Å². The Bertz CT molecular complexity index is 2150. The quantitative estimate of drug-likeness (QED) is 0.0571. The van der Waals surface area contributed by atoms with Crippen LogP contribution in [-0.2, 0) is 14.4 Å². The third-order valence-electron chi connectivity index (χ3n) is 11.0. The van der Waals surface area contributed by atoms with Crippen molar-refractivity contribution >= 4 is 58.0 Å². The molecular weight excluding hydrogens is 754 g/mol. The predicted molar refractivity (Wildman–Crippen MR) is 225 cm³/mol. The van der Waals surface area contributed by atoms with Crippen molar-refractivity contribution < 1.29 is 28.7 Å². The Morgan fingerprint density at radius 3 is 2.14 bits per heavy atom. The van der Waals surface area contributed by atoms with Gasteiger partial charge in [0.25, 0.3) is 11.8 Å². The first-order chi connectivity index (χ1) is 28.3. The summed E-state index contributed by atoms with van der Waals surface area (Å²) < 4.78 is 6.17. The van der Waals surface area contributed by atoms with Crippen LogP contribution in [0.1, 0.15) is 75.9 Å². The Labute approximate surface area is 344 Å². The fourth-order valence-electron chi connectivity index (χ4n) is 7.94. The van der Waals surface area contributed by atoms with Gasteiger partial charge in [0, 0.05) is 63.7 Å². The molecule has 12 heteroatoms. The number of hydrogen-bond donors (Lipinski definition) is 2. The first kappa shape index (κ1) is 40.4. The molecule has 0 radical (unpaired) electrons. The summed E-state index contributed by atoms with van der Waals surface area (Å²) in [6, 6.07) is 33.1. The Balaban J connectivity index is 0.836. The summed E-state index contributed by atoms with van der Waals surface area (Å²) in [6.45, 7) is 4.72. The molecular formula is C46H48ClN5O6. The zero-order valence-corrected chi connectivity index (χ0v) is 33.2. The fraction of sp³-hybridized carbons (Fsp3) is 0.326. The Hall–Kier alpha value is -5.78. The summed E-state index contributed by atoms with van der Waals surface area (Å²) in [6.07, 6.45) is 2.70. The number of nitrogens with zero attached hydrogens (tertiary/aromatic N) is 3. The van der Waals surface area contributed by atoms with E-state index >= 15 is 0 Å². The minimum Gasteiger partial charge on any atom is -0.492 e. The number of rotatable bonds is 16. The average molecular weight is 802 g/mol. The Morgan fingerprint density at radius 1 is 0.759 bits per heavy atom. The van der Waals surface area contributed by atoms with E-state index in [0.29, 0.717) is 57.1 Å². The molecule has 58 heavy (non-hydrogen) atoms. The normalized spacial score (nSPS) is 17.5. The summed E-state index contributed by atoms with van der Waals surface area (Å²) in [4.78, 5) is 68.7. The maximum Gasteiger partial charge on any atom is 0.264 e. The number of piperazine rings is 1. The number of allylic oxidation sites excluding steroid dienone is 1. The van der Waals surface area contributed by atoms with Gasteiger partial charge in [0.05, 0.1) is 11.1 Å². The van der Waals surface area contributed by atoms with Crippen molar-refractivity contribution in [1.82, 2.24) is 20.0 Å². The highest BCUT2D eigenvalue weighted by atomic mass is 35.5. The SMILES string of the molecule is O=C1CCC(N2C(=O)c3cccc(NCCCCC(=O)N4CCN(CCOc5ccc(/C(=C(/CCCl)c6ccccc6)c6ccccc6)cc5)CC4)c3C2=O)C(=O)N1. The molecule has 1 unspecified atom stereocenters. The van der Waals surface area contributed by atoms with Gasteiger partial charge in [-0.2, -0.15) is 0 Å². The van der Waals surface area contributed by atoms with Crippen molar-refractivity contribution in [3.05, 3.63) is 131 Å². The lowest BCUT2D eigenvalue weighted by molar-refractivity contribution is -0.136. The van der Waals surface area contributed by atoms with E-state index in [-0.39, 0.29) is 29.9 Å². The molecule has 0 aliphatic carbocycles. The molecule has 3 aliphatic rings. The van der Waals surface area contributed by atoms with Gasteiger partial charge in [-0.1, -0.05) is 78.9 Å². The number of ether oxygens (including phenoxy) is 1. The number of carbonyl (C=O) groups is 5. The fourth-order valence-corrected chi connectivity index (χ4v) is 8.13. The topological polar surface area (TPSA) is 128 Å². The van der Waals surface area contributed by atoms with Gasteiger partial charge in [0.1, 0.15) is 18.4 Å². The number of amides is 5. The van der Waals surface area contributed by atoms with Gasteiger partial charge < -0.3 is 15.0 Å². The monoisotopic (exact) mass is 801 g/mol. The number of nitrogens with one attached hydrogen (secondary N) is 2. The second-order valence-corrected chi connectivity index (χ2v) is 15.1. The molecule has 3 aliphatic heterocycles. The van der Waals surface area contributed by atoms with Crippen molar-refractivity contribution in [3.8, 4) is 5.75 Å². The van der Waals surface area contributed by atoms with E-state index in [9.17, 15) is 24.0 Å². The number of alkyl halides is 1. The van der Waals surface area contributed by atoms with Crippen LogP contribution in [-0.4, -0.2) is 102 Å². The number of benzene rings is 4. The Morgan fingerprint density at radius 2 is 1.45 bits per heavy atom. The molecule has 0 spiro atoms. The highest BCUT2D eigenvalue weighted by Gasteiger charge is 2.45. The molecule has 2 fully saturated rings. The minimum absolute atomic E-state index is 0.0667. The number of piperidine rings is 1. The molecule has 3 heterocycles. The number of anilines is 1. The first-order valence-corrected chi connectivity index (χ1v) is 20.6. The maximum atomic E-state index is 13.3. The maximum absolute atomic E-state index is 13.3. The van der Waals surface area contributed by atoms with Crippen LogP contribution in [0.4, 0.5) is 5.69 Å². The van der Waals surface area contributed by atoms with Gasteiger partial charge >= 0.3 is 0 Å². The molecule has 0 bridgehead atoms. The molecule has 7 rings (SSSR count). The van der Waals surface area contributed by atoms with Crippen LogP contribution in [0, 0.1) is 0 Å². The lowest BCUT2D eigenvalue weighted by Crippen LogP contribution is -2.54. The van der Waals surface area contributed by atoms with Crippen LogP contribution in [0.3, 0.4) is 0 Å². The number of hydrogen-bond acceptors (Lipinski definition) is 8. The van der Waals surface area contributed by atoms with Gasteiger partial charge in [0.2, 0.25) is 17.7 Å². The molecule has 0 saturated carbocycles. The van der Waals surface area contributed by atoms with E-state index in [1.54, 1.807) is 18.2 Å². The number of fused-ring (bicyclic) bond motifs is 1. The molecule has 0 aromatic heterocycles. The molecule has 2 saturated heterocycles. The van der Waals surface area contributed by atoms with Crippen LogP contribution in [0.5, 0.6) is 5.75 Å². The van der Waals surface area contributed by atoms with Crippen LogP contribution >= 0.6 is 11.6 Å². The van der Waals surface area contributed by atoms with Crippen LogP contribution in [0.2, 0.25) is 0 Å². The van der Waals surface area contributed by atoms with E-state index in [2.05, 4.69) is 76.2 Å². The average Bonchev–Trinajstić information content (AvgIpc) is 3.50. The molecule has 2 N–H and O–H groups in total. The summed E-state index contributed by atoms with van der Waals surface area (Å²) in [5, 5.41) is 5.47. The van der Waals surface area contributed by atoms with E-state index in [4.69, 9.17) is 16.3 Å². The van der Waals surface area contributed by atoms with E-state index in [0.717, 1.165) is 59.0 Å². The lowest BCUT2D eigenvalue weighted by atomic mass is 9.88. The highest BCUT2D eigenvalue weighted by Crippen LogP contribution is 2.36. The van der Waals surface area contributed by atoms with Crippen molar-refractivity contribution in [2.75, 3.05) is 57.1 Å². The summed E-state index contributed by atoms with van der Waals surface area (Å²) in [7, 11) is 0. The first-order valence-electron chi connectivity index (χ1n) is 20.0. The second kappa shape index (κ2) is 19.1. The molecule has 11 nitrogen and oxygen atoms in total. The third kappa shape index (κ3) is 9.33. The van der Waals surface area contributed by atoms with Gasteiger partial charge in [-0.25, -0.2) is 0 Å². The predicted octanol–water partition coefficient (Wildman–Crippen LogP) is 6.48. The van der Waals surface area contributed by atoms with Crippen molar-refractivity contribution in [2.24, 2.45) is 0 Å². The van der Waals surface area contributed by atoms with Crippen LogP contribution < -0.4 is 15.4 Å².